The fourth-order valence-corrected chi connectivity index (χ4v) is 2.70. The highest BCUT2D eigenvalue weighted by Gasteiger charge is 2.19. The molecule has 2 aromatic rings. The maximum atomic E-state index is 13.5. The molecule has 0 unspecified atom stereocenters. The van der Waals surface area contributed by atoms with Crippen LogP contribution in [0.3, 0.4) is 0 Å². The Kier molecular flexibility index (Phi) is 3.34. The Morgan fingerprint density at radius 3 is 2.63 bits per heavy atom. The Bertz CT molecular complexity index is 588. The van der Waals surface area contributed by atoms with Gasteiger partial charge in [0.15, 0.2) is 0 Å². The topological polar surface area (TPSA) is 26.0 Å². The largest absolute Gasteiger partial charge is 0.326 e. The van der Waals surface area contributed by atoms with Crippen molar-refractivity contribution in [3.63, 3.8) is 0 Å². The molecule has 0 aliphatic heterocycles. The summed E-state index contributed by atoms with van der Waals surface area (Å²) >= 11 is 0. The number of hydrogen-bond acceptors (Lipinski definition) is 1. The third kappa shape index (κ3) is 2.41. The van der Waals surface area contributed by atoms with E-state index in [0.717, 1.165) is 16.7 Å². The lowest BCUT2D eigenvalue weighted by atomic mass is 9.79. The SMILES string of the molecule is NCc1ccc(F)cc1-c1cccc(C2CCC2)c1. The standard InChI is InChI=1S/C17H18FN/c18-16-8-7-15(11-19)17(10-16)14-6-2-5-13(9-14)12-3-1-4-12/h2,5-10,12H,1,3-4,11,19H2. The Hall–Kier alpha value is -1.67. The molecule has 1 aliphatic rings. The summed E-state index contributed by atoms with van der Waals surface area (Å²) in [6, 6.07) is 13.3. The van der Waals surface area contributed by atoms with Crippen LogP contribution in [0.5, 0.6) is 0 Å². The molecule has 0 radical (unpaired) electrons. The first-order chi connectivity index (χ1) is 9.28. The molecule has 3 rings (SSSR count). The van der Waals surface area contributed by atoms with Gasteiger partial charge in [-0.2, -0.15) is 0 Å². The van der Waals surface area contributed by atoms with Crippen molar-refractivity contribution in [1.82, 2.24) is 0 Å². The van der Waals surface area contributed by atoms with E-state index in [1.807, 2.05) is 6.07 Å². The van der Waals surface area contributed by atoms with Gasteiger partial charge in [-0.05, 0) is 53.1 Å². The highest BCUT2D eigenvalue weighted by Crippen LogP contribution is 2.38. The van der Waals surface area contributed by atoms with Gasteiger partial charge in [0.25, 0.3) is 0 Å². The van der Waals surface area contributed by atoms with Crippen molar-refractivity contribution in [2.24, 2.45) is 5.73 Å². The minimum atomic E-state index is -0.207. The van der Waals surface area contributed by atoms with E-state index >= 15 is 0 Å². The average molecular weight is 255 g/mol. The number of nitrogens with two attached hydrogens (primary N) is 1. The second-order valence-electron chi connectivity index (χ2n) is 5.26. The van der Waals surface area contributed by atoms with Crippen molar-refractivity contribution in [3.05, 3.63) is 59.4 Å². The van der Waals surface area contributed by atoms with E-state index in [9.17, 15) is 4.39 Å². The van der Waals surface area contributed by atoms with Crippen molar-refractivity contribution in [2.45, 2.75) is 31.7 Å². The van der Waals surface area contributed by atoms with Crippen molar-refractivity contribution in [3.8, 4) is 11.1 Å². The molecule has 2 heteroatoms. The fourth-order valence-electron chi connectivity index (χ4n) is 2.70. The van der Waals surface area contributed by atoms with Gasteiger partial charge >= 0.3 is 0 Å². The summed E-state index contributed by atoms with van der Waals surface area (Å²) in [6.45, 7) is 0.434. The Morgan fingerprint density at radius 2 is 1.95 bits per heavy atom. The molecule has 98 valence electrons. The van der Waals surface area contributed by atoms with Crippen LogP contribution in [0.15, 0.2) is 42.5 Å². The molecule has 1 saturated carbocycles. The smallest absolute Gasteiger partial charge is 0.123 e. The van der Waals surface area contributed by atoms with E-state index in [1.54, 1.807) is 12.1 Å². The van der Waals surface area contributed by atoms with Crippen molar-refractivity contribution in [1.29, 1.82) is 0 Å². The van der Waals surface area contributed by atoms with Gasteiger partial charge in [0.2, 0.25) is 0 Å². The lowest BCUT2D eigenvalue weighted by molar-refractivity contribution is 0.420. The predicted molar refractivity (Wildman–Crippen MR) is 76.3 cm³/mol. The molecule has 0 saturated heterocycles. The van der Waals surface area contributed by atoms with E-state index in [1.165, 1.54) is 30.9 Å². The zero-order valence-electron chi connectivity index (χ0n) is 10.9. The lowest BCUT2D eigenvalue weighted by Crippen LogP contribution is -2.08. The van der Waals surface area contributed by atoms with Gasteiger partial charge in [-0.25, -0.2) is 4.39 Å². The summed E-state index contributed by atoms with van der Waals surface area (Å²) in [7, 11) is 0. The Morgan fingerprint density at radius 1 is 1.11 bits per heavy atom. The number of hydrogen-bond donors (Lipinski definition) is 1. The molecule has 0 spiro atoms. The maximum absolute atomic E-state index is 13.5. The normalized spacial score (nSPS) is 15.3. The van der Waals surface area contributed by atoms with Gasteiger partial charge in [0.05, 0.1) is 0 Å². The molecule has 1 nitrogen and oxygen atoms in total. The monoisotopic (exact) mass is 255 g/mol. The molecule has 0 aromatic heterocycles. The summed E-state index contributed by atoms with van der Waals surface area (Å²) in [5.74, 6) is 0.482. The van der Waals surface area contributed by atoms with E-state index in [-0.39, 0.29) is 5.82 Å². The molecule has 0 amide bonds. The van der Waals surface area contributed by atoms with Gasteiger partial charge in [-0.15, -0.1) is 0 Å². The van der Waals surface area contributed by atoms with E-state index in [4.69, 9.17) is 5.73 Å². The van der Waals surface area contributed by atoms with Gasteiger partial charge in [0.1, 0.15) is 5.82 Å². The van der Waals surface area contributed by atoms with Gasteiger partial charge < -0.3 is 5.73 Å². The summed E-state index contributed by atoms with van der Waals surface area (Å²) in [4.78, 5) is 0. The first-order valence-electron chi connectivity index (χ1n) is 6.87. The van der Waals surface area contributed by atoms with E-state index < -0.39 is 0 Å². The Labute approximate surface area is 113 Å². The third-order valence-electron chi connectivity index (χ3n) is 4.07. The van der Waals surface area contributed by atoms with Crippen molar-refractivity contribution >= 4 is 0 Å². The summed E-state index contributed by atoms with van der Waals surface area (Å²) in [5.41, 5.74) is 10.1. The van der Waals surface area contributed by atoms with Crippen LogP contribution in [0, 0.1) is 5.82 Å². The van der Waals surface area contributed by atoms with Crippen LogP contribution in [0.4, 0.5) is 4.39 Å². The summed E-state index contributed by atoms with van der Waals surface area (Å²) in [6.07, 6.45) is 3.87. The minimum Gasteiger partial charge on any atom is -0.326 e. The number of rotatable bonds is 3. The van der Waals surface area contributed by atoms with Crippen LogP contribution >= 0.6 is 0 Å². The van der Waals surface area contributed by atoms with Crippen LogP contribution in [-0.4, -0.2) is 0 Å². The van der Waals surface area contributed by atoms with Crippen molar-refractivity contribution < 1.29 is 4.39 Å². The van der Waals surface area contributed by atoms with Crippen LogP contribution in [-0.2, 0) is 6.54 Å². The Balaban J connectivity index is 2.03. The highest BCUT2D eigenvalue weighted by atomic mass is 19.1. The first kappa shape index (κ1) is 12.4. The molecule has 19 heavy (non-hydrogen) atoms. The zero-order valence-corrected chi connectivity index (χ0v) is 10.9. The molecule has 2 N–H and O–H groups in total. The van der Waals surface area contributed by atoms with Crippen LogP contribution in [0.25, 0.3) is 11.1 Å². The quantitative estimate of drug-likeness (QED) is 0.873. The molecular weight excluding hydrogens is 237 g/mol. The maximum Gasteiger partial charge on any atom is 0.123 e. The molecule has 0 bridgehead atoms. The minimum absolute atomic E-state index is 0.207. The fraction of sp³-hybridized carbons (Fsp3) is 0.294. The summed E-state index contributed by atoms with van der Waals surface area (Å²) in [5, 5.41) is 0. The number of benzene rings is 2. The highest BCUT2D eigenvalue weighted by molar-refractivity contribution is 5.68. The average Bonchev–Trinajstić information content (AvgIpc) is 2.37. The van der Waals surface area contributed by atoms with Gasteiger partial charge in [-0.1, -0.05) is 36.8 Å². The van der Waals surface area contributed by atoms with E-state index in [0.29, 0.717) is 12.5 Å². The van der Waals surface area contributed by atoms with E-state index in [2.05, 4.69) is 18.2 Å². The molecule has 0 atom stereocenters. The lowest BCUT2D eigenvalue weighted by Gasteiger charge is -2.26. The van der Waals surface area contributed by atoms with Crippen LogP contribution in [0.2, 0.25) is 0 Å². The molecular formula is C17H18FN. The number of halogens is 1. The molecule has 0 heterocycles. The summed E-state index contributed by atoms with van der Waals surface area (Å²) < 4.78 is 13.5. The second-order valence-corrected chi connectivity index (χ2v) is 5.26. The molecule has 1 aliphatic carbocycles. The first-order valence-corrected chi connectivity index (χ1v) is 6.87. The second kappa shape index (κ2) is 5.14. The predicted octanol–water partition coefficient (Wildman–Crippen LogP) is 4.22. The molecule has 2 aromatic carbocycles. The molecule has 1 fully saturated rings. The van der Waals surface area contributed by atoms with Crippen LogP contribution < -0.4 is 5.73 Å². The van der Waals surface area contributed by atoms with Gasteiger partial charge in [0, 0.05) is 6.54 Å². The van der Waals surface area contributed by atoms with Crippen LogP contribution in [0.1, 0.15) is 36.3 Å². The zero-order chi connectivity index (χ0) is 13.2. The van der Waals surface area contributed by atoms with Crippen molar-refractivity contribution in [2.75, 3.05) is 0 Å². The third-order valence-corrected chi connectivity index (χ3v) is 4.07. The van der Waals surface area contributed by atoms with Gasteiger partial charge in [-0.3, -0.25) is 0 Å².